The Hall–Kier alpha value is -1.93. The maximum atomic E-state index is 12.9. The SMILES string of the molecule is NC1CCC2CN(C(=O)c3csc(-c4cccc(C(F)(F)F)c4)n3)CC12. The molecule has 1 saturated heterocycles. The van der Waals surface area contributed by atoms with E-state index in [2.05, 4.69) is 4.98 Å². The van der Waals surface area contributed by atoms with E-state index in [0.29, 0.717) is 35.5 Å². The average Bonchev–Trinajstić information content (AvgIpc) is 3.31. The standard InChI is InChI=1S/C18H18F3N3OS/c19-18(20,21)12-3-1-2-10(6-12)16-23-15(9-26-16)17(25)24-7-11-4-5-14(22)13(11)8-24/h1-3,6,9,11,13-14H,4-5,7-8,22H2. The molecule has 8 heteroatoms. The summed E-state index contributed by atoms with van der Waals surface area (Å²) in [4.78, 5) is 18.8. The Morgan fingerprint density at radius 1 is 1.27 bits per heavy atom. The highest BCUT2D eigenvalue weighted by atomic mass is 32.1. The molecular formula is C18H18F3N3OS. The van der Waals surface area contributed by atoms with Crippen LogP contribution in [0.4, 0.5) is 13.2 Å². The summed E-state index contributed by atoms with van der Waals surface area (Å²) < 4.78 is 38.6. The Bertz CT molecular complexity index is 835. The second kappa shape index (κ2) is 6.35. The van der Waals surface area contributed by atoms with Gasteiger partial charge in [0.2, 0.25) is 0 Å². The lowest BCUT2D eigenvalue weighted by Crippen LogP contribution is -2.33. The molecule has 2 heterocycles. The van der Waals surface area contributed by atoms with Crippen molar-refractivity contribution in [3.63, 3.8) is 0 Å². The van der Waals surface area contributed by atoms with Crippen LogP contribution in [0.3, 0.4) is 0 Å². The monoisotopic (exact) mass is 381 g/mol. The number of fused-ring (bicyclic) bond motifs is 1. The molecular weight excluding hydrogens is 363 g/mol. The molecule has 3 unspecified atom stereocenters. The number of alkyl halides is 3. The smallest absolute Gasteiger partial charge is 0.337 e. The van der Waals surface area contributed by atoms with Gasteiger partial charge in [-0.3, -0.25) is 4.79 Å². The minimum atomic E-state index is -4.40. The molecule has 3 atom stereocenters. The number of hydrogen-bond acceptors (Lipinski definition) is 4. The van der Waals surface area contributed by atoms with Gasteiger partial charge in [0.15, 0.2) is 0 Å². The van der Waals surface area contributed by atoms with Crippen LogP contribution >= 0.6 is 11.3 Å². The fourth-order valence-corrected chi connectivity index (χ4v) is 4.76. The van der Waals surface area contributed by atoms with E-state index in [1.165, 1.54) is 17.4 Å². The predicted octanol–water partition coefficient (Wildman–Crippen LogP) is 3.64. The Balaban J connectivity index is 1.53. The topological polar surface area (TPSA) is 59.2 Å². The highest BCUT2D eigenvalue weighted by molar-refractivity contribution is 7.13. The van der Waals surface area contributed by atoms with Crippen LogP contribution in [0, 0.1) is 11.8 Å². The third-order valence-corrected chi connectivity index (χ3v) is 6.25. The first-order valence-corrected chi connectivity index (χ1v) is 9.39. The van der Waals surface area contributed by atoms with Crippen molar-refractivity contribution in [2.24, 2.45) is 17.6 Å². The van der Waals surface area contributed by atoms with Crippen molar-refractivity contribution in [1.29, 1.82) is 0 Å². The first kappa shape index (κ1) is 17.5. The molecule has 2 aliphatic rings. The highest BCUT2D eigenvalue weighted by Gasteiger charge is 2.43. The van der Waals surface area contributed by atoms with Gasteiger partial charge >= 0.3 is 6.18 Å². The van der Waals surface area contributed by atoms with Gasteiger partial charge in [0, 0.05) is 30.1 Å². The van der Waals surface area contributed by atoms with E-state index < -0.39 is 11.7 Å². The maximum Gasteiger partial charge on any atom is 0.416 e. The van der Waals surface area contributed by atoms with Crippen LogP contribution in [-0.2, 0) is 6.18 Å². The number of nitrogens with two attached hydrogens (primary N) is 1. The summed E-state index contributed by atoms with van der Waals surface area (Å²) in [6.45, 7) is 1.33. The lowest BCUT2D eigenvalue weighted by atomic mass is 9.98. The van der Waals surface area contributed by atoms with Gasteiger partial charge in [-0.2, -0.15) is 13.2 Å². The number of carbonyl (C=O) groups is 1. The van der Waals surface area contributed by atoms with Gasteiger partial charge in [0.05, 0.1) is 5.56 Å². The van der Waals surface area contributed by atoms with E-state index in [1.54, 1.807) is 16.3 Å². The Morgan fingerprint density at radius 2 is 2.08 bits per heavy atom. The molecule has 1 aliphatic heterocycles. The quantitative estimate of drug-likeness (QED) is 0.864. The first-order valence-electron chi connectivity index (χ1n) is 8.51. The van der Waals surface area contributed by atoms with Crippen molar-refractivity contribution in [3.05, 3.63) is 40.9 Å². The van der Waals surface area contributed by atoms with Crippen LogP contribution in [0.2, 0.25) is 0 Å². The molecule has 1 amide bonds. The Labute approximate surface area is 152 Å². The fraction of sp³-hybridized carbons (Fsp3) is 0.444. The number of hydrogen-bond donors (Lipinski definition) is 1. The molecule has 1 aromatic carbocycles. The predicted molar refractivity (Wildman–Crippen MR) is 92.6 cm³/mol. The lowest BCUT2D eigenvalue weighted by Gasteiger charge is -2.17. The maximum absolute atomic E-state index is 12.9. The summed E-state index contributed by atoms with van der Waals surface area (Å²) in [5.74, 6) is 0.636. The van der Waals surface area contributed by atoms with E-state index in [1.807, 2.05) is 0 Å². The largest absolute Gasteiger partial charge is 0.416 e. The van der Waals surface area contributed by atoms with Crippen LogP contribution in [0.15, 0.2) is 29.6 Å². The fourth-order valence-electron chi connectivity index (χ4n) is 3.97. The van der Waals surface area contributed by atoms with E-state index in [0.717, 1.165) is 25.0 Å². The zero-order valence-electron chi connectivity index (χ0n) is 13.9. The second-order valence-electron chi connectivity index (χ2n) is 6.99. The number of rotatable bonds is 2. The summed E-state index contributed by atoms with van der Waals surface area (Å²) in [6.07, 6.45) is -2.35. The molecule has 4 nitrogen and oxygen atoms in total. The summed E-state index contributed by atoms with van der Waals surface area (Å²) in [6, 6.07) is 5.15. The van der Waals surface area contributed by atoms with Crippen LogP contribution in [-0.4, -0.2) is 34.9 Å². The van der Waals surface area contributed by atoms with E-state index >= 15 is 0 Å². The van der Waals surface area contributed by atoms with Crippen molar-refractivity contribution in [3.8, 4) is 10.6 Å². The van der Waals surface area contributed by atoms with Crippen LogP contribution in [0.1, 0.15) is 28.9 Å². The van der Waals surface area contributed by atoms with Gasteiger partial charge in [-0.1, -0.05) is 12.1 Å². The number of aromatic nitrogens is 1. The van der Waals surface area contributed by atoms with E-state index in [9.17, 15) is 18.0 Å². The summed E-state index contributed by atoms with van der Waals surface area (Å²) in [7, 11) is 0. The van der Waals surface area contributed by atoms with Crippen molar-refractivity contribution in [2.45, 2.75) is 25.1 Å². The second-order valence-corrected chi connectivity index (χ2v) is 7.85. The molecule has 138 valence electrons. The number of carbonyl (C=O) groups excluding carboxylic acids is 1. The Morgan fingerprint density at radius 3 is 2.81 bits per heavy atom. The number of halogens is 3. The van der Waals surface area contributed by atoms with Crippen molar-refractivity contribution in [1.82, 2.24) is 9.88 Å². The van der Waals surface area contributed by atoms with Gasteiger partial charge in [-0.25, -0.2) is 4.98 Å². The minimum Gasteiger partial charge on any atom is -0.337 e. The van der Waals surface area contributed by atoms with E-state index in [-0.39, 0.29) is 17.6 Å². The zero-order chi connectivity index (χ0) is 18.5. The number of thiazole rings is 1. The van der Waals surface area contributed by atoms with Gasteiger partial charge < -0.3 is 10.6 Å². The molecule has 2 N–H and O–H groups in total. The third kappa shape index (κ3) is 3.12. The minimum absolute atomic E-state index is 0.147. The zero-order valence-corrected chi connectivity index (χ0v) is 14.7. The number of nitrogens with zero attached hydrogens (tertiary/aromatic N) is 2. The van der Waals surface area contributed by atoms with Crippen LogP contribution < -0.4 is 5.73 Å². The molecule has 2 aromatic rings. The molecule has 4 rings (SSSR count). The molecule has 1 saturated carbocycles. The van der Waals surface area contributed by atoms with Gasteiger partial charge in [0.1, 0.15) is 10.7 Å². The molecule has 26 heavy (non-hydrogen) atoms. The van der Waals surface area contributed by atoms with Crippen LogP contribution in [0.25, 0.3) is 10.6 Å². The molecule has 0 spiro atoms. The molecule has 1 aliphatic carbocycles. The molecule has 2 fully saturated rings. The third-order valence-electron chi connectivity index (χ3n) is 5.36. The number of benzene rings is 1. The van der Waals surface area contributed by atoms with Gasteiger partial charge in [-0.15, -0.1) is 11.3 Å². The van der Waals surface area contributed by atoms with Crippen molar-refractivity contribution >= 4 is 17.2 Å². The number of likely N-dealkylation sites (tertiary alicyclic amines) is 1. The van der Waals surface area contributed by atoms with E-state index in [4.69, 9.17) is 5.73 Å². The Kier molecular flexibility index (Phi) is 4.27. The number of amides is 1. The van der Waals surface area contributed by atoms with Gasteiger partial charge in [0.25, 0.3) is 5.91 Å². The summed E-state index contributed by atoms with van der Waals surface area (Å²) in [5, 5.41) is 2.03. The van der Waals surface area contributed by atoms with Crippen molar-refractivity contribution < 1.29 is 18.0 Å². The van der Waals surface area contributed by atoms with Crippen LogP contribution in [0.5, 0.6) is 0 Å². The average molecular weight is 381 g/mol. The lowest BCUT2D eigenvalue weighted by molar-refractivity contribution is -0.137. The normalized spacial score (nSPS) is 25.5. The molecule has 1 aromatic heterocycles. The van der Waals surface area contributed by atoms with Gasteiger partial charge in [-0.05, 0) is 36.8 Å². The van der Waals surface area contributed by atoms with Crippen molar-refractivity contribution in [2.75, 3.05) is 13.1 Å². The highest BCUT2D eigenvalue weighted by Crippen LogP contribution is 2.38. The molecule has 0 radical (unpaired) electrons. The first-order chi connectivity index (χ1) is 12.3. The summed E-state index contributed by atoms with van der Waals surface area (Å²) in [5.41, 5.74) is 6.04. The summed E-state index contributed by atoms with van der Waals surface area (Å²) >= 11 is 1.18. The molecule has 0 bridgehead atoms.